The molecule has 12 heteroatoms. The maximum absolute atomic E-state index is 12.9. The number of benzene rings is 1. The number of nitro groups is 1. The molecule has 4 nitrogen and oxygen atoms in total. The molecule has 26 heavy (non-hydrogen) atoms. The Kier molecular flexibility index (Phi) is 5.66. The number of carbonyl (C=O) groups excluding carboxylic acids is 1. The molecule has 1 aromatic carbocycles. The second-order valence-corrected chi connectivity index (χ2v) is 7.34. The highest BCUT2D eigenvalue weighted by atomic mass is 32.2. The summed E-state index contributed by atoms with van der Waals surface area (Å²) in [7, 11) is 0. The van der Waals surface area contributed by atoms with Crippen LogP contribution in [0.4, 0.5) is 32.0 Å². The van der Waals surface area contributed by atoms with Gasteiger partial charge >= 0.3 is 12.4 Å². The normalized spacial score (nSPS) is 12.2. The molecule has 1 aromatic heterocycles. The van der Waals surface area contributed by atoms with Crippen molar-refractivity contribution in [2.75, 3.05) is 0 Å². The highest BCUT2D eigenvalue weighted by Crippen LogP contribution is 2.44. The third-order valence-electron chi connectivity index (χ3n) is 2.98. The molecule has 2 rings (SSSR count). The summed E-state index contributed by atoms with van der Waals surface area (Å²) in [5.41, 5.74) is -3.51. The van der Waals surface area contributed by atoms with Crippen molar-refractivity contribution in [2.45, 2.75) is 27.9 Å². The molecule has 1 heterocycles. The van der Waals surface area contributed by atoms with Gasteiger partial charge in [-0.05, 0) is 18.2 Å². The summed E-state index contributed by atoms with van der Waals surface area (Å²) in [5.74, 6) is 0. The largest absolute Gasteiger partial charge is 0.416 e. The number of hydrogen-bond acceptors (Lipinski definition) is 5. The zero-order chi connectivity index (χ0) is 19.7. The van der Waals surface area contributed by atoms with E-state index in [1.807, 2.05) is 0 Å². The third-order valence-corrected chi connectivity index (χ3v) is 5.29. The molecule has 0 aliphatic heterocycles. The molecule has 0 aliphatic rings. The van der Waals surface area contributed by atoms with Gasteiger partial charge in [0.1, 0.15) is 10.5 Å². The summed E-state index contributed by atoms with van der Waals surface area (Å²) in [6, 6.07) is 2.02. The minimum atomic E-state index is -5.01. The van der Waals surface area contributed by atoms with Gasteiger partial charge in [0.05, 0.1) is 16.1 Å². The fourth-order valence-corrected chi connectivity index (χ4v) is 4.29. The molecular formula is C14H7F6NO3S2. The molecule has 0 atom stereocenters. The Morgan fingerprint density at radius 2 is 1.58 bits per heavy atom. The zero-order valence-electron chi connectivity index (χ0n) is 12.4. The average molecular weight is 415 g/mol. The Hall–Kier alpha value is -2.08. The molecule has 0 radical (unpaired) electrons. The third kappa shape index (κ3) is 4.75. The first-order valence-electron chi connectivity index (χ1n) is 6.60. The molecule has 0 fully saturated rings. The van der Waals surface area contributed by atoms with Gasteiger partial charge in [-0.15, -0.1) is 11.3 Å². The molecule has 0 spiro atoms. The Labute approximate surface area is 150 Å². The van der Waals surface area contributed by atoms with E-state index in [1.54, 1.807) is 0 Å². The summed E-state index contributed by atoms with van der Waals surface area (Å²) in [6.07, 6.45) is -9.69. The summed E-state index contributed by atoms with van der Waals surface area (Å²) in [4.78, 5) is 20.6. The maximum Gasteiger partial charge on any atom is 0.416 e. The van der Waals surface area contributed by atoms with E-state index < -0.39 is 39.0 Å². The van der Waals surface area contributed by atoms with Crippen LogP contribution in [0.25, 0.3) is 0 Å². The molecule has 0 saturated carbocycles. The van der Waals surface area contributed by atoms with Crippen LogP contribution >= 0.6 is 23.1 Å². The Morgan fingerprint density at radius 1 is 1.04 bits per heavy atom. The van der Waals surface area contributed by atoms with Crippen molar-refractivity contribution in [2.24, 2.45) is 0 Å². The minimum absolute atomic E-state index is 0.0231. The molecule has 0 N–H and O–H groups in total. The number of hydrogen-bond donors (Lipinski definition) is 0. The SMILES string of the molecule is O=CCc1cc([N+](=O)[O-])c(Sc2cc(C(F)(F)F)cc(C(F)(F)F)c2)s1. The smallest absolute Gasteiger partial charge is 0.303 e. The van der Waals surface area contributed by atoms with E-state index in [1.165, 1.54) is 0 Å². The van der Waals surface area contributed by atoms with Gasteiger partial charge in [-0.25, -0.2) is 0 Å². The number of halogens is 6. The Balaban J connectivity index is 2.52. The molecule has 140 valence electrons. The molecule has 0 unspecified atom stereocenters. The predicted octanol–water partition coefficient (Wildman–Crippen LogP) is 5.59. The number of alkyl halides is 6. The maximum atomic E-state index is 12.9. The van der Waals surface area contributed by atoms with E-state index in [2.05, 4.69) is 0 Å². The van der Waals surface area contributed by atoms with Crippen molar-refractivity contribution in [1.29, 1.82) is 0 Å². The summed E-state index contributed by atoms with van der Waals surface area (Å²) < 4.78 is 77.1. The van der Waals surface area contributed by atoms with E-state index in [0.29, 0.717) is 30.2 Å². The quantitative estimate of drug-likeness (QED) is 0.277. The van der Waals surface area contributed by atoms with Crippen LogP contribution in [0.1, 0.15) is 16.0 Å². The second kappa shape index (κ2) is 7.27. The highest BCUT2D eigenvalue weighted by Gasteiger charge is 2.37. The van der Waals surface area contributed by atoms with Crippen LogP contribution in [0.3, 0.4) is 0 Å². The number of carbonyl (C=O) groups is 1. The summed E-state index contributed by atoms with van der Waals surface area (Å²) in [5, 5.41) is 11.0. The fraction of sp³-hybridized carbons (Fsp3) is 0.214. The van der Waals surface area contributed by atoms with Crippen molar-refractivity contribution in [3.8, 4) is 0 Å². The van der Waals surface area contributed by atoms with Crippen LogP contribution in [-0.4, -0.2) is 11.2 Å². The van der Waals surface area contributed by atoms with Crippen LogP contribution in [0, 0.1) is 10.1 Å². The van der Waals surface area contributed by atoms with Gasteiger partial charge in [0.2, 0.25) is 0 Å². The Bertz CT molecular complexity index is 812. The predicted molar refractivity (Wildman–Crippen MR) is 81.3 cm³/mol. The van der Waals surface area contributed by atoms with E-state index in [9.17, 15) is 41.3 Å². The van der Waals surface area contributed by atoms with Crippen molar-refractivity contribution < 1.29 is 36.1 Å². The lowest BCUT2D eigenvalue weighted by molar-refractivity contribution is -0.387. The fourth-order valence-electron chi connectivity index (χ4n) is 1.89. The lowest BCUT2D eigenvalue weighted by Crippen LogP contribution is -2.10. The van der Waals surface area contributed by atoms with Crippen molar-refractivity contribution >= 4 is 35.1 Å². The van der Waals surface area contributed by atoms with Crippen LogP contribution in [-0.2, 0) is 23.6 Å². The van der Waals surface area contributed by atoms with Crippen molar-refractivity contribution in [1.82, 2.24) is 0 Å². The number of aldehydes is 1. The first-order valence-corrected chi connectivity index (χ1v) is 8.23. The zero-order valence-corrected chi connectivity index (χ0v) is 14.0. The van der Waals surface area contributed by atoms with Gasteiger partial charge in [0, 0.05) is 22.3 Å². The van der Waals surface area contributed by atoms with Crippen LogP contribution in [0.2, 0.25) is 0 Å². The van der Waals surface area contributed by atoms with Gasteiger partial charge in [0.15, 0.2) is 0 Å². The topological polar surface area (TPSA) is 60.2 Å². The summed E-state index contributed by atoms with van der Waals surface area (Å²) >= 11 is 1.17. The molecular weight excluding hydrogens is 408 g/mol. The first kappa shape index (κ1) is 20.2. The van der Waals surface area contributed by atoms with Crippen molar-refractivity contribution in [3.63, 3.8) is 0 Å². The first-order chi connectivity index (χ1) is 11.9. The lowest BCUT2D eigenvalue weighted by Gasteiger charge is -2.13. The van der Waals surface area contributed by atoms with Crippen LogP contribution in [0.5, 0.6) is 0 Å². The van der Waals surface area contributed by atoms with E-state index in [0.717, 1.165) is 17.4 Å². The van der Waals surface area contributed by atoms with Gasteiger partial charge in [-0.1, -0.05) is 11.8 Å². The molecule has 0 bridgehead atoms. The van der Waals surface area contributed by atoms with E-state index in [-0.39, 0.29) is 21.6 Å². The van der Waals surface area contributed by atoms with Crippen LogP contribution < -0.4 is 0 Å². The van der Waals surface area contributed by atoms with Crippen LogP contribution in [0.15, 0.2) is 33.4 Å². The summed E-state index contributed by atoms with van der Waals surface area (Å²) in [6.45, 7) is 0. The number of rotatable bonds is 5. The molecule has 0 saturated heterocycles. The molecule has 0 amide bonds. The van der Waals surface area contributed by atoms with Crippen molar-refractivity contribution in [3.05, 3.63) is 50.4 Å². The van der Waals surface area contributed by atoms with Gasteiger partial charge < -0.3 is 4.79 Å². The number of nitrogens with zero attached hydrogens (tertiary/aromatic N) is 1. The standard InChI is InChI=1S/C14H7F6NO3S2/c15-13(16,17)7-3-8(14(18,19)20)5-10(4-7)26-12-11(21(23)24)6-9(25-12)1-2-22/h2-6H,1H2. The highest BCUT2D eigenvalue weighted by molar-refractivity contribution is 8.01. The van der Waals surface area contributed by atoms with Gasteiger partial charge in [-0.2, -0.15) is 26.3 Å². The Morgan fingerprint density at radius 3 is 2.00 bits per heavy atom. The van der Waals surface area contributed by atoms with E-state index >= 15 is 0 Å². The minimum Gasteiger partial charge on any atom is -0.303 e. The van der Waals surface area contributed by atoms with E-state index in [4.69, 9.17) is 0 Å². The molecule has 0 aliphatic carbocycles. The lowest BCUT2D eigenvalue weighted by atomic mass is 10.1. The van der Waals surface area contributed by atoms with Gasteiger partial charge in [0.25, 0.3) is 5.69 Å². The average Bonchev–Trinajstić information content (AvgIpc) is 2.88. The number of thiophene rings is 1. The molecule has 2 aromatic rings. The second-order valence-electron chi connectivity index (χ2n) is 4.86. The van der Waals surface area contributed by atoms with Gasteiger partial charge in [-0.3, -0.25) is 10.1 Å². The monoisotopic (exact) mass is 415 g/mol.